The summed E-state index contributed by atoms with van der Waals surface area (Å²) in [5.74, 6) is 0.140. The summed E-state index contributed by atoms with van der Waals surface area (Å²) < 4.78 is 0. The van der Waals surface area contributed by atoms with E-state index in [1.807, 2.05) is 30.9 Å². The van der Waals surface area contributed by atoms with E-state index in [-0.39, 0.29) is 5.91 Å². The van der Waals surface area contributed by atoms with Gasteiger partial charge in [-0.15, -0.1) is 0 Å². The molecule has 0 fully saturated rings. The molecule has 1 amide bonds. The molecule has 0 saturated heterocycles. The lowest BCUT2D eigenvalue weighted by atomic mass is 9.97. The number of hydrogen-bond acceptors (Lipinski definition) is 2. The van der Waals surface area contributed by atoms with E-state index in [1.165, 1.54) is 11.3 Å². The van der Waals surface area contributed by atoms with Crippen LogP contribution >= 0.6 is 0 Å². The minimum Gasteiger partial charge on any atom is -0.382 e. The van der Waals surface area contributed by atoms with Gasteiger partial charge in [-0.25, -0.2) is 0 Å². The van der Waals surface area contributed by atoms with E-state index < -0.39 is 0 Å². The highest BCUT2D eigenvalue weighted by Crippen LogP contribution is 2.26. The zero-order valence-corrected chi connectivity index (χ0v) is 11.5. The molecule has 2 rings (SSSR count). The highest BCUT2D eigenvalue weighted by molar-refractivity contribution is 5.95. The van der Waals surface area contributed by atoms with E-state index in [4.69, 9.17) is 0 Å². The van der Waals surface area contributed by atoms with E-state index in [1.54, 1.807) is 0 Å². The minimum absolute atomic E-state index is 0.140. The molecule has 1 heterocycles. The van der Waals surface area contributed by atoms with Gasteiger partial charge in [-0.3, -0.25) is 4.79 Å². The van der Waals surface area contributed by atoms with Crippen molar-refractivity contribution in [2.24, 2.45) is 0 Å². The maximum atomic E-state index is 12.3. The second-order valence-electron chi connectivity index (χ2n) is 4.93. The van der Waals surface area contributed by atoms with Gasteiger partial charge >= 0.3 is 0 Å². The van der Waals surface area contributed by atoms with Gasteiger partial charge in [-0.2, -0.15) is 0 Å². The fraction of sp³-hybridized carbons (Fsp3) is 0.533. The lowest BCUT2D eigenvalue weighted by molar-refractivity contribution is 0.0773. The molecule has 3 nitrogen and oxygen atoms in total. The molecule has 3 heteroatoms. The van der Waals surface area contributed by atoms with Gasteiger partial charge in [0.1, 0.15) is 0 Å². The first kappa shape index (κ1) is 12.9. The van der Waals surface area contributed by atoms with Crippen molar-refractivity contribution in [2.75, 3.05) is 18.4 Å². The number of carbonyl (C=O) groups excluding carboxylic acids is 1. The van der Waals surface area contributed by atoms with Gasteiger partial charge in [0.2, 0.25) is 0 Å². The van der Waals surface area contributed by atoms with Gasteiger partial charge in [-0.1, -0.05) is 0 Å². The first-order valence-electron chi connectivity index (χ1n) is 6.84. The Labute approximate surface area is 109 Å². The number of carbonyl (C=O) groups is 1. The molecule has 0 bridgehead atoms. The van der Waals surface area contributed by atoms with Crippen LogP contribution in [0.1, 0.15) is 43.1 Å². The third kappa shape index (κ3) is 2.50. The average molecular weight is 246 g/mol. The second kappa shape index (κ2) is 5.42. The molecule has 18 heavy (non-hydrogen) atoms. The van der Waals surface area contributed by atoms with Crippen LogP contribution in [0.25, 0.3) is 0 Å². The zero-order valence-electron chi connectivity index (χ0n) is 11.5. The third-order valence-electron chi connectivity index (χ3n) is 3.65. The number of nitrogens with one attached hydrogen (secondary N) is 1. The summed E-state index contributed by atoms with van der Waals surface area (Å²) >= 11 is 0. The lowest BCUT2D eigenvalue weighted by Crippen LogP contribution is -2.30. The summed E-state index contributed by atoms with van der Waals surface area (Å²) in [6.07, 6.45) is 2.19. The van der Waals surface area contributed by atoms with Gasteiger partial charge in [0, 0.05) is 30.4 Å². The van der Waals surface area contributed by atoms with Crippen LogP contribution in [0, 0.1) is 0 Å². The quantitative estimate of drug-likeness (QED) is 0.889. The molecule has 98 valence electrons. The summed E-state index contributed by atoms with van der Waals surface area (Å²) in [4.78, 5) is 14.1. The van der Waals surface area contributed by atoms with Crippen molar-refractivity contribution in [1.29, 1.82) is 0 Å². The fourth-order valence-corrected chi connectivity index (χ4v) is 2.48. The maximum Gasteiger partial charge on any atom is 0.253 e. The van der Waals surface area contributed by atoms with Crippen molar-refractivity contribution < 1.29 is 4.79 Å². The topological polar surface area (TPSA) is 32.3 Å². The van der Waals surface area contributed by atoms with Crippen LogP contribution in [0.15, 0.2) is 18.2 Å². The Bertz CT molecular complexity index is 438. The van der Waals surface area contributed by atoms with Gasteiger partial charge in [0.25, 0.3) is 5.91 Å². The molecule has 0 unspecified atom stereocenters. The third-order valence-corrected chi connectivity index (χ3v) is 3.65. The van der Waals surface area contributed by atoms with E-state index in [0.29, 0.717) is 6.04 Å². The first-order chi connectivity index (χ1) is 8.65. The summed E-state index contributed by atoms with van der Waals surface area (Å²) in [6, 6.07) is 6.56. The van der Waals surface area contributed by atoms with Crippen LogP contribution in [-0.2, 0) is 6.42 Å². The van der Waals surface area contributed by atoms with Crippen LogP contribution < -0.4 is 5.32 Å². The van der Waals surface area contributed by atoms with Crippen molar-refractivity contribution in [3.63, 3.8) is 0 Å². The fourth-order valence-electron chi connectivity index (χ4n) is 2.48. The van der Waals surface area contributed by atoms with Gasteiger partial charge in [0.05, 0.1) is 0 Å². The standard InChI is InChI=1S/C15H22N2O/c1-4-17(5-2)15(18)13-8-9-14-12(10-13)7-6-11(3)16-14/h8-11,16H,4-7H2,1-3H3/t11-/m1/s1. The molecule has 1 aromatic rings. The Kier molecular flexibility index (Phi) is 3.90. The molecule has 1 aliphatic heterocycles. The van der Waals surface area contributed by atoms with Crippen LogP contribution in [0.5, 0.6) is 0 Å². The smallest absolute Gasteiger partial charge is 0.253 e. The Morgan fingerprint density at radius 2 is 2.11 bits per heavy atom. The number of hydrogen-bond donors (Lipinski definition) is 1. The first-order valence-corrected chi connectivity index (χ1v) is 6.84. The maximum absolute atomic E-state index is 12.3. The van der Waals surface area contributed by atoms with Crippen LogP contribution in [0.4, 0.5) is 5.69 Å². The number of nitrogens with zero attached hydrogens (tertiary/aromatic N) is 1. The van der Waals surface area contributed by atoms with E-state index in [0.717, 1.165) is 31.5 Å². The Hall–Kier alpha value is -1.51. The Morgan fingerprint density at radius 1 is 1.39 bits per heavy atom. The van der Waals surface area contributed by atoms with Crippen molar-refractivity contribution in [2.45, 2.75) is 39.7 Å². The molecule has 0 radical (unpaired) electrons. The molecule has 0 aromatic heterocycles. The number of rotatable bonds is 3. The summed E-state index contributed by atoms with van der Waals surface area (Å²) in [6.45, 7) is 7.76. The molecule has 0 spiro atoms. The zero-order chi connectivity index (χ0) is 13.1. The van der Waals surface area contributed by atoms with E-state index >= 15 is 0 Å². The van der Waals surface area contributed by atoms with Crippen molar-refractivity contribution in [3.05, 3.63) is 29.3 Å². The molecule has 1 N–H and O–H groups in total. The summed E-state index contributed by atoms with van der Waals surface area (Å²) in [7, 11) is 0. The molecule has 1 aromatic carbocycles. The van der Waals surface area contributed by atoms with Crippen LogP contribution in [-0.4, -0.2) is 29.9 Å². The van der Waals surface area contributed by atoms with Crippen LogP contribution in [0.2, 0.25) is 0 Å². The number of aryl methyl sites for hydroxylation is 1. The van der Waals surface area contributed by atoms with Gasteiger partial charge in [-0.05, 0) is 57.4 Å². The second-order valence-corrected chi connectivity index (χ2v) is 4.93. The summed E-state index contributed by atoms with van der Waals surface area (Å²) in [5.41, 5.74) is 3.27. The molecule has 0 saturated carbocycles. The van der Waals surface area contributed by atoms with Crippen molar-refractivity contribution in [3.8, 4) is 0 Å². The minimum atomic E-state index is 0.140. The number of anilines is 1. The molecule has 1 aliphatic rings. The predicted octanol–water partition coefficient (Wildman–Crippen LogP) is 2.92. The highest BCUT2D eigenvalue weighted by atomic mass is 16.2. The number of amides is 1. The SMILES string of the molecule is CCN(CC)C(=O)c1ccc2c(c1)CC[C@@H](C)N2. The summed E-state index contributed by atoms with van der Waals surface area (Å²) in [5, 5.41) is 3.46. The van der Waals surface area contributed by atoms with Gasteiger partial charge < -0.3 is 10.2 Å². The van der Waals surface area contributed by atoms with Crippen molar-refractivity contribution >= 4 is 11.6 Å². The number of fused-ring (bicyclic) bond motifs is 1. The normalized spacial score (nSPS) is 17.8. The molecule has 0 aliphatic carbocycles. The highest BCUT2D eigenvalue weighted by Gasteiger charge is 2.18. The largest absolute Gasteiger partial charge is 0.382 e. The molecular weight excluding hydrogens is 224 g/mol. The average Bonchev–Trinajstić information content (AvgIpc) is 2.39. The van der Waals surface area contributed by atoms with Crippen molar-refractivity contribution in [1.82, 2.24) is 4.90 Å². The molecular formula is C15H22N2O. The predicted molar refractivity (Wildman–Crippen MR) is 75.1 cm³/mol. The lowest BCUT2D eigenvalue weighted by Gasteiger charge is -2.25. The van der Waals surface area contributed by atoms with E-state index in [9.17, 15) is 4.79 Å². The Balaban J connectivity index is 2.23. The van der Waals surface area contributed by atoms with Crippen LogP contribution in [0.3, 0.4) is 0 Å². The van der Waals surface area contributed by atoms with E-state index in [2.05, 4.69) is 18.3 Å². The van der Waals surface area contributed by atoms with Gasteiger partial charge in [0.15, 0.2) is 0 Å². The molecule has 1 atom stereocenters. The number of benzene rings is 1. The monoisotopic (exact) mass is 246 g/mol. The Morgan fingerprint density at radius 3 is 2.78 bits per heavy atom.